The summed E-state index contributed by atoms with van der Waals surface area (Å²) < 4.78 is 15.2. The van der Waals surface area contributed by atoms with E-state index in [1.165, 1.54) is 12.1 Å². The average Bonchev–Trinajstić information content (AvgIpc) is 3.25. The summed E-state index contributed by atoms with van der Waals surface area (Å²) in [5, 5.41) is 27.2. The molecule has 0 amide bonds. The molecule has 1 fully saturated rings. The number of hydrogen-bond donors (Lipinski definition) is 2. The molecule has 2 heterocycles. The van der Waals surface area contributed by atoms with E-state index >= 15 is 0 Å². The number of hydrogen-bond acceptors (Lipinski definition) is 4. The van der Waals surface area contributed by atoms with Crippen LogP contribution in [0.2, 0.25) is 0 Å². The summed E-state index contributed by atoms with van der Waals surface area (Å²) in [6, 6.07) is 10.1. The SMILES string of the molecule is Cc1cccnc1C(O)C[C@]1(O)CCC2=Cc3c(cnn3-c3ccc(F)cc3)C[C@@]21C. The lowest BCUT2D eigenvalue weighted by Crippen LogP contribution is -2.46. The molecule has 31 heavy (non-hydrogen) atoms. The zero-order valence-electron chi connectivity index (χ0n) is 17.7. The molecular weight excluding hydrogens is 393 g/mol. The molecule has 5 rings (SSSR count). The van der Waals surface area contributed by atoms with Crippen LogP contribution in [0.3, 0.4) is 0 Å². The molecule has 0 saturated heterocycles. The Morgan fingerprint density at radius 2 is 2.00 bits per heavy atom. The Hall–Kier alpha value is -2.83. The highest BCUT2D eigenvalue weighted by molar-refractivity contribution is 5.62. The van der Waals surface area contributed by atoms with Crippen LogP contribution < -0.4 is 0 Å². The maximum atomic E-state index is 13.3. The third kappa shape index (κ3) is 3.13. The maximum absolute atomic E-state index is 13.3. The van der Waals surface area contributed by atoms with Crippen LogP contribution in [0, 0.1) is 18.2 Å². The summed E-state index contributed by atoms with van der Waals surface area (Å²) in [5.41, 5.74) is 4.00. The molecule has 2 N–H and O–H groups in total. The van der Waals surface area contributed by atoms with E-state index in [2.05, 4.69) is 23.1 Å². The lowest BCUT2D eigenvalue weighted by Gasteiger charge is -2.43. The zero-order valence-corrected chi connectivity index (χ0v) is 17.7. The van der Waals surface area contributed by atoms with Gasteiger partial charge in [-0.1, -0.05) is 18.6 Å². The van der Waals surface area contributed by atoms with E-state index in [4.69, 9.17) is 0 Å². The first kappa shape index (κ1) is 20.1. The molecule has 2 aliphatic rings. The van der Waals surface area contributed by atoms with Crippen molar-refractivity contribution in [1.82, 2.24) is 14.8 Å². The highest BCUT2D eigenvalue weighted by Gasteiger charge is 2.56. The number of fused-ring (bicyclic) bond motifs is 2. The second-order valence-corrected chi connectivity index (χ2v) is 9.08. The summed E-state index contributed by atoms with van der Waals surface area (Å²) in [7, 11) is 0. The quantitative estimate of drug-likeness (QED) is 0.661. The fourth-order valence-corrected chi connectivity index (χ4v) is 5.31. The van der Waals surface area contributed by atoms with Crippen molar-refractivity contribution in [2.75, 3.05) is 0 Å². The zero-order chi connectivity index (χ0) is 21.8. The van der Waals surface area contributed by atoms with Gasteiger partial charge < -0.3 is 10.2 Å². The fourth-order valence-electron chi connectivity index (χ4n) is 5.31. The van der Waals surface area contributed by atoms with Crippen LogP contribution in [0.15, 0.2) is 54.4 Å². The molecule has 2 aromatic heterocycles. The molecule has 3 aromatic rings. The van der Waals surface area contributed by atoms with Crippen LogP contribution in [0.25, 0.3) is 11.8 Å². The first-order valence-electron chi connectivity index (χ1n) is 10.7. The highest BCUT2D eigenvalue weighted by atomic mass is 19.1. The lowest BCUT2D eigenvalue weighted by atomic mass is 9.65. The Balaban J connectivity index is 1.47. The first-order valence-corrected chi connectivity index (χ1v) is 10.7. The second kappa shape index (κ2) is 7.11. The molecule has 2 aliphatic carbocycles. The van der Waals surface area contributed by atoms with Crippen LogP contribution >= 0.6 is 0 Å². The van der Waals surface area contributed by atoms with Crippen molar-refractivity contribution in [2.45, 2.75) is 51.2 Å². The standard InChI is InChI=1S/C25H26FN3O2/c1-16-4-3-11-27-23(16)22(30)14-25(31)10-9-18-12-21-17(13-24(18,25)2)15-28-29(21)20-7-5-19(26)6-8-20/h3-8,11-12,15,22,30-31H,9-10,13-14H2,1-2H3/t22?,24-,25+/m0/s1. The number of aliphatic hydroxyl groups excluding tert-OH is 1. The third-order valence-electron chi connectivity index (χ3n) is 7.25. The van der Waals surface area contributed by atoms with Gasteiger partial charge in [-0.3, -0.25) is 4.98 Å². The summed E-state index contributed by atoms with van der Waals surface area (Å²) in [4.78, 5) is 4.34. The predicted octanol–water partition coefficient (Wildman–Crippen LogP) is 4.31. The molecular formula is C25H26FN3O2. The lowest BCUT2D eigenvalue weighted by molar-refractivity contribution is -0.0748. The van der Waals surface area contributed by atoms with Gasteiger partial charge in [0.1, 0.15) is 5.82 Å². The van der Waals surface area contributed by atoms with Crippen LogP contribution in [-0.4, -0.2) is 30.6 Å². The van der Waals surface area contributed by atoms with Gasteiger partial charge in [0.05, 0.1) is 35.0 Å². The van der Waals surface area contributed by atoms with E-state index in [9.17, 15) is 14.6 Å². The van der Waals surface area contributed by atoms with E-state index in [1.54, 1.807) is 18.3 Å². The van der Waals surface area contributed by atoms with E-state index in [0.29, 0.717) is 18.5 Å². The topological polar surface area (TPSA) is 71.2 Å². The van der Waals surface area contributed by atoms with Gasteiger partial charge in [0.2, 0.25) is 0 Å². The van der Waals surface area contributed by atoms with Gasteiger partial charge in [-0.15, -0.1) is 0 Å². The Morgan fingerprint density at radius 1 is 1.23 bits per heavy atom. The Bertz CT molecular complexity index is 1170. The van der Waals surface area contributed by atoms with Crippen molar-refractivity contribution in [3.05, 3.63) is 82.7 Å². The summed E-state index contributed by atoms with van der Waals surface area (Å²) in [5.74, 6) is -0.279. The fraction of sp³-hybridized carbons (Fsp3) is 0.360. The van der Waals surface area contributed by atoms with E-state index in [0.717, 1.165) is 34.5 Å². The van der Waals surface area contributed by atoms with Crippen LogP contribution in [0.4, 0.5) is 4.39 Å². The summed E-state index contributed by atoms with van der Waals surface area (Å²) >= 11 is 0. The number of pyridine rings is 1. The minimum atomic E-state index is -1.04. The molecule has 1 unspecified atom stereocenters. The normalized spacial score (nSPS) is 25.6. The largest absolute Gasteiger partial charge is 0.389 e. The minimum Gasteiger partial charge on any atom is -0.389 e. The van der Waals surface area contributed by atoms with Crippen LogP contribution in [0.1, 0.15) is 54.8 Å². The molecule has 0 radical (unpaired) electrons. The number of aromatic nitrogens is 3. The summed E-state index contributed by atoms with van der Waals surface area (Å²) in [6.07, 6.45) is 7.02. The van der Waals surface area contributed by atoms with Gasteiger partial charge >= 0.3 is 0 Å². The predicted molar refractivity (Wildman–Crippen MR) is 116 cm³/mol. The number of aliphatic hydroxyl groups is 2. The Labute approximate surface area is 180 Å². The van der Waals surface area contributed by atoms with Crippen molar-refractivity contribution in [3.63, 3.8) is 0 Å². The molecule has 0 aliphatic heterocycles. The summed E-state index contributed by atoms with van der Waals surface area (Å²) in [6.45, 7) is 4.01. The maximum Gasteiger partial charge on any atom is 0.123 e. The number of halogens is 1. The van der Waals surface area contributed by atoms with Gasteiger partial charge in [-0.2, -0.15) is 5.10 Å². The van der Waals surface area contributed by atoms with Crippen molar-refractivity contribution < 1.29 is 14.6 Å². The molecule has 160 valence electrons. The van der Waals surface area contributed by atoms with Gasteiger partial charge in [0.25, 0.3) is 0 Å². The van der Waals surface area contributed by atoms with Gasteiger partial charge in [0.15, 0.2) is 0 Å². The highest BCUT2D eigenvalue weighted by Crippen LogP contribution is 2.57. The first-order chi connectivity index (χ1) is 14.8. The molecule has 0 bridgehead atoms. The molecule has 1 saturated carbocycles. The van der Waals surface area contributed by atoms with Crippen molar-refractivity contribution in [1.29, 1.82) is 0 Å². The number of aryl methyl sites for hydroxylation is 1. The van der Waals surface area contributed by atoms with E-state index in [-0.39, 0.29) is 12.2 Å². The van der Waals surface area contributed by atoms with Gasteiger partial charge in [-0.25, -0.2) is 9.07 Å². The third-order valence-corrected chi connectivity index (χ3v) is 7.25. The average molecular weight is 420 g/mol. The van der Waals surface area contributed by atoms with Gasteiger partial charge in [-0.05, 0) is 73.7 Å². The smallest absolute Gasteiger partial charge is 0.123 e. The molecule has 3 atom stereocenters. The van der Waals surface area contributed by atoms with E-state index < -0.39 is 17.1 Å². The van der Waals surface area contributed by atoms with Crippen LogP contribution in [0.5, 0.6) is 0 Å². The minimum absolute atomic E-state index is 0.236. The molecule has 5 nitrogen and oxygen atoms in total. The Morgan fingerprint density at radius 3 is 2.74 bits per heavy atom. The molecule has 6 heteroatoms. The van der Waals surface area contributed by atoms with Crippen molar-refractivity contribution in [2.24, 2.45) is 5.41 Å². The van der Waals surface area contributed by atoms with Crippen molar-refractivity contribution in [3.8, 4) is 5.69 Å². The molecule has 0 spiro atoms. The second-order valence-electron chi connectivity index (χ2n) is 9.08. The van der Waals surface area contributed by atoms with Crippen molar-refractivity contribution >= 4 is 6.08 Å². The van der Waals surface area contributed by atoms with E-state index in [1.807, 2.05) is 29.9 Å². The number of nitrogens with zero attached hydrogens (tertiary/aromatic N) is 3. The monoisotopic (exact) mass is 419 g/mol. The van der Waals surface area contributed by atoms with Gasteiger partial charge in [0, 0.05) is 18.0 Å². The number of rotatable bonds is 4. The van der Waals surface area contributed by atoms with Crippen LogP contribution in [-0.2, 0) is 6.42 Å². The molecule has 1 aromatic carbocycles. The Kier molecular flexibility index (Phi) is 4.61. The number of benzene rings is 1.